The average molecular weight is 281 g/mol. The Bertz CT molecular complexity index is 507. The van der Waals surface area contributed by atoms with Gasteiger partial charge in [-0.05, 0) is 57.0 Å². The quantitative estimate of drug-likeness (QED) is 0.851. The van der Waals surface area contributed by atoms with Gasteiger partial charge in [0.1, 0.15) is 0 Å². The van der Waals surface area contributed by atoms with Gasteiger partial charge in [0.05, 0.1) is 4.90 Å². The van der Waals surface area contributed by atoms with Crippen LogP contribution in [0, 0.1) is 0 Å². The molecule has 4 heteroatoms. The van der Waals surface area contributed by atoms with E-state index >= 15 is 0 Å². The topological polar surface area (TPSA) is 37.4 Å². The van der Waals surface area contributed by atoms with Gasteiger partial charge in [-0.2, -0.15) is 0 Å². The molecule has 1 fully saturated rings. The molecule has 0 bridgehead atoms. The Morgan fingerprint density at radius 1 is 1.21 bits per heavy atom. The summed E-state index contributed by atoms with van der Waals surface area (Å²) in [5.41, 5.74) is 1.23. The Hall–Kier alpha value is -0.870. The molecule has 0 saturated carbocycles. The van der Waals surface area contributed by atoms with E-state index in [0.29, 0.717) is 10.9 Å². The Morgan fingerprint density at radius 2 is 1.89 bits per heavy atom. The fraction of sp³-hybridized carbons (Fsp3) is 0.600. The molecule has 1 unspecified atom stereocenters. The fourth-order valence-corrected chi connectivity index (χ4v) is 3.38. The van der Waals surface area contributed by atoms with Gasteiger partial charge in [0.25, 0.3) is 0 Å². The molecular weight excluding hydrogens is 258 g/mol. The fourth-order valence-electron chi connectivity index (χ4n) is 2.75. The van der Waals surface area contributed by atoms with Gasteiger partial charge >= 0.3 is 0 Å². The van der Waals surface area contributed by atoms with Gasteiger partial charge in [-0.1, -0.05) is 18.6 Å². The summed E-state index contributed by atoms with van der Waals surface area (Å²) < 4.78 is 22.8. The molecule has 106 valence electrons. The largest absolute Gasteiger partial charge is 0.303 e. The summed E-state index contributed by atoms with van der Waals surface area (Å²) in [4.78, 5) is 2.86. The molecule has 2 rings (SSSR count). The van der Waals surface area contributed by atoms with E-state index in [1.807, 2.05) is 12.1 Å². The van der Waals surface area contributed by atoms with Crippen LogP contribution in [0.5, 0.6) is 0 Å². The van der Waals surface area contributed by atoms with Crippen molar-refractivity contribution in [2.45, 2.75) is 43.0 Å². The van der Waals surface area contributed by atoms with Crippen molar-refractivity contribution in [1.82, 2.24) is 4.90 Å². The van der Waals surface area contributed by atoms with Crippen molar-refractivity contribution < 1.29 is 8.42 Å². The first-order valence-corrected chi connectivity index (χ1v) is 8.85. The number of piperidine rings is 1. The molecule has 19 heavy (non-hydrogen) atoms. The Morgan fingerprint density at radius 3 is 2.47 bits per heavy atom. The zero-order chi connectivity index (χ0) is 13.9. The van der Waals surface area contributed by atoms with Crippen molar-refractivity contribution in [3.8, 4) is 0 Å². The first-order chi connectivity index (χ1) is 8.97. The summed E-state index contributed by atoms with van der Waals surface area (Å²) in [7, 11) is -0.867. The Balaban J connectivity index is 1.93. The standard InChI is InChI=1S/C15H23NO2S/c1-16-12-4-3-5-14(16)9-6-13-7-10-15(11-8-13)19(2,17)18/h7-8,10-11,14H,3-6,9,12H2,1-2H3. The van der Waals surface area contributed by atoms with Gasteiger partial charge < -0.3 is 4.90 Å². The first kappa shape index (κ1) is 14.5. The molecule has 0 aliphatic carbocycles. The van der Waals surface area contributed by atoms with Gasteiger partial charge in [-0.3, -0.25) is 0 Å². The molecule has 1 aliphatic rings. The van der Waals surface area contributed by atoms with Gasteiger partial charge in [0, 0.05) is 12.3 Å². The zero-order valence-corrected chi connectivity index (χ0v) is 12.6. The molecule has 1 aromatic carbocycles. The van der Waals surface area contributed by atoms with E-state index in [9.17, 15) is 8.42 Å². The minimum atomic E-state index is -3.07. The number of hydrogen-bond acceptors (Lipinski definition) is 3. The van der Waals surface area contributed by atoms with Crippen LogP contribution in [0.15, 0.2) is 29.2 Å². The highest BCUT2D eigenvalue weighted by Gasteiger charge is 2.18. The van der Waals surface area contributed by atoms with Crippen molar-refractivity contribution in [1.29, 1.82) is 0 Å². The van der Waals surface area contributed by atoms with E-state index in [1.165, 1.54) is 37.6 Å². The third kappa shape index (κ3) is 4.05. The van der Waals surface area contributed by atoms with Crippen molar-refractivity contribution in [3.05, 3.63) is 29.8 Å². The number of benzene rings is 1. The van der Waals surface area contributed by atoms with Crippen LogP contribution in [0.1, 0.15) is 31.2 Å². The van der Waals surface area contributed by atoms with E-state index in [4.69, 9.17) is 0 Å². The van der Waals surface area contributed by atoms with Crippen LogP contribution >= 0.6 is 0 Å². The van der Waals surface area contributed by atoms with Crippen molar-refractivity contribution in [3.63, 3.8) is 0 Å². The molecule has 1 aromatic rings. The van der Waals surface area contributed by atoms with Gasteiger partial charge in [0.2, 0.25) is 0 Å². The second kappa shape index (κ2) is 6.06. The second-order valence-electron chi connectivity index (χ2n) is 5.59. The van der Waals surface area contributed by atoms with E-state index in [2.05, 4.69) is 11.9 Å². The third-order valence-corrected chi connectivity index (χ3v) is 5.17. The van der Waals surface area contributed by atoms with E-state index in [-0.39, 0.29) is 0 Å². The van der Waals surface area contributed by atoms with Crippen molar-refractivity contribution >= 4 is 9.84 Å². The van der Waals surface area contributed by atoms with Crippen LogP contribution in [-0.2, 0) is 16.3 Å². The lowest BCUT2D eigenvalue weighted by Crippen LogP contribution is -2.36. The second-order valence-corrected chi connectivity index (χ2v) is 7.60. The van der Waals surface area contributed by atoms with Gasteiger partial charge in [-0.25, -0.2) is 8.42 Å². The zero-order valence-electron chi connectivity index (χ0n) is 11.8. The maximum Gasteiger partial charge on any atom is 0.175 e. The molecule has 3 nitrogen and oxygen atoms in total. The number of aryl methyl sites for hydroxylation is 1. The highest BCUT2D eigenvalue weighted by Crippen LogP contribution is 2.20. The van der Waals surface area contributed by atoms with Crippen LogP contribution < -0.4 is 0 Å². The lowest BCUT2D eigenvalue weighted by atomic mass is 9.96. The summed E-state index contributed by atoms with van der Waals surface area (Å²) in [5, 5.41) is 0. The first-order valence-electron chi connectivity index (χ1n) is 6.96. The number of nitrogens with zero attached hydrogens (tertiary/aromatic N) is 1. The summed E-state index contributed by atoms with van der Waals surface area (Å²) >= 11 is 0. The van der Waals surface area contributed by atoms with Crippen LogP contribution in [0.2, 0.25) is 0 Å². The molecule has 0 aromatic heterocycles. The SMILES string of the molecule is CN1CCCCC1CCc1ccc(S(C)(=O)=O)cc1. The molecular formula is C15H23NO2S. The predicted molar refractivity (Wildman–Crippen MR) is 78.1 cm³/mol. The number of sulfone groups is 1. The monoisotopic (exact) mass is 281 g/mol. The lowest BCUT2D eigenvalue weighted by molar-refractivity contribution is 0.176. The van der Waals surface area contributed by atoms with Gasteiger partial charge in [-0.15, -0.1) is 0 Å². The summed E-state index contributed by atoms with van der Waals surface area (Å²) in [6, 6.07) is 8.01. The summed E-state index contributed by atoms with van der Waals surface area (Å²) in [6.07, 6.45) is 7.38. The average Bonchev–Trinajstić information content (AvgIpc) is 2.37. The Kier molecular flexibility index (Phi) is 4.63. The maximum absolute atomic E-state index is 11.4. The van der Waals surface area contributed by atoms with Crippen LogP contribution in [0.3, 0.4) is 0 Å². The molecule has 1 heterocycles. The predicted octanol–water partition coefficient (Wildman–Crippen LogP) is 2.51. The summed E-state index contributed by atoms with van der Waals surface area (Å²) in [5.74, 6) is 0. The van der Waals surface area contributed by atoms with Crippen LogP contribution in [-0.4, -0.2) is 39.2 Å². The highest BCUT2D eigenvalue weighted by atomic mass is 32.2. The number of hydrogen-bond donors (Lipinski definition) is 0. The molecule has 1 saturated heterocycles. The molecule has 1 aliphatic heterocycles. The highest BCUT2D eigenvalue weighted by molar-refractivity contribution is 7.90. The van der Waals surface area contributed by atoms with Crippen molar-refractivity contribution in [2.75, 3.05) is 19.8 Å². The number of rotatable bonds is 4. The normalized spacial score (nSPS) is 21.5. The maximum atomic E-state index is 11.4. The smallest absolute Gasteiger partial charge is 0.175 e. The minimum absolute atomic E-state index is 0.408. The van der Waals surface area contributed by atoms with Crippen LogP contribution in [0.4, 0.5) is 0 Å². The minimum Gasteiger partial charge on any atom is -0.303 e. The molecule has 1 atom stereocenters. The molecule has 0 spiro atoms. The summed E-state index contributed by atoms with van der Waals surface area (Å²) in [6.45, 7) is 1.21. The molecule has 0 radical (unpaired) electrons. The Labute approximate surface area is 116 Å². The molecule has 0 amide bonds. The number of likely N-dealkylation sites (tertiary alicyclic amines) is 1. The van der Waals surface area contributed by atoms with E-state index in [1.54, 1.807) is 12.1 Å². The van der Waals surface area contributed by atoms with Gasteiger partial charge in [0.15, 0.2) is 9.84 Å². The molecule has 0 N–H and O–H groups in total. The third-order valence-electron chi connectivity index (χ3n) is 4.04. The lowest BCUT2D eigenvalue weighted by Gasteiger charge is -2.32. The van der Waals surface area contributed by atoms with E-state index in [0.717, 1.165) is 12.8 Å². The van der Waals surface area contributed by atoms with Crippen LogP contribution in [0.25, 0.3) is 0 Å². The van der Waals surface area contributed by atoms with Crippen molar-refractivity contribution in [2.24, 2.45) is 0 Å². The van der Waals surface area contributed by atoms with E-state index < -0.39 is 9.84 Å².